The van der Waals surface area contributed by atoms with Crippen molar-refractivity contribution in [3.8, 4) is 5.75 Å². The second kappa shape index (κ2) is 8.53. The number of methoxy groups -OCH3 is 1. The normalized spacial score (nSPS) is 9.73. The first-order valence-corrected chi connectivity index (χ1v) is 7.62. The van der Waals surface area contributed by atoms with E-state index in [2.05, 4.69) is 16.2 Å². The van der Waals surface area contributed by atoms with Crippen LogP contribution >= 0.6 is 12.2 Å². The number of amides is 2. The lowest BCUT2D eigenvalue weighted by Crippen LogP contribution is -2.48. The predicted molar refractivity (Wildman–Crippen MR) is 96.8 cm³/mol. The molecule has 10 heteroatoms. The maximum Gasteiger partial charge on any atom is 0.273 e. The highest BCUT2D eigenvalue weighted by atomic mass is 32.1. The van der Waals surface area contributed by atoms with E-state index < -0.39 is 16.7 Å². The largest absolute Gasteiger partial charge is 0.496 e. The lowest BCUT2D eigenvalue weighted by Gasteiger charge is -2.12. The fourth-order valence-corrected chi connectivity index (χ4v) is 2.10. The van der Waals surface area contributed by atoms with Gasteiger partial charge in [0.05, 0.1) is 17.6 Å². The molecule has 0 spiro atoms. The van der Waals surface area contributed by atoms with Gasteiger partial charge in [-0.1, -0.05) is 12.1 Å². The molecule has 0 aliphatic heterocycles. The van der Waals surface area contributed by atoms with Gasteiger partial charge >= 0.3 is 0 Å². The molecular weight excluding hydrogens is 360 g/mol. The quantitative estimate of drug-likeness (QED) is 0.421. The standard InChI is InChI=1S/C16H14N4O5S/c1-25-13-5-3-2-4-12(13)15(22)18-19-16(26)17-14(21)10-6-8-11(9-7-10)20(23)24/h2-9H,1H3,(H,18,22)(H2,17,19,21,26). The second-order valence-corrected chi connectivity index (χ2v) is 5.27. The van der Waals surface area contributed by atoms with Gasteiger partial charge in [-0.15, -0.1) is 0 Å². The number of hydrogen-bond donors (Lipinski definition) is 3. The summed E-state index contributed by atoms with van der Waals surface area (Å²) in [5.74, 6) is -0.703. The molecule has 9 nitrogen and oxygen atoms in total. The first-order chi connectivity index (χ1) is 12.4. The molecule has 0 aromatic heterocycles. The number of non-ortho nitro benzene ring substituents is 1. The molecule has 0 heterocycles. The highest BCUT2D eigenvalue weighted by molar-refractivity contribution is 7.80. The number of para-hydroxylation sites is 1. The van der Waals surface area contributed by atoms with E-state index >= 15 is 0 Å². The number of carbonyl (C=O) groups excluding carboxylic acids is 2. The first-order valence-electron chi connectivity index (χ1n) is 7.21. The smallest absolute Gasteiger partial charge is 0.273 e. The lowest BCUT2D eigenvalue weighted by molar-refractivity contribution is -0.384. The van der Waals surface area contributed by atoms with Gasteiger partial charge in [-0.2, -0.15) is 0 Å². The molecule has 0 aliphatic rings. The van der Waals surface area contributed by atoms with Crippen LogP contribution in [0, 0.1) is 10.1 Å². The summed E-state index contributed by atoms with van der Waals surface area (Å²) in [5, 5.41) is 12.8. The van der Waals surface area contributed by atoms with Gasteiger partial charge < -0.3 is 4.74 Å². The van der Waals surface area contributed by atoms with Crippen molar-refractivity contribution in [2.45, 2.75) is 0 Å². The van der Waals surface area contributed by atoms with Crippen molar-refractivity contribution in [2.75, 3.05) is 7.11 Å². The van der Waals surface area contributed by atoms with E-state index in [-0.39, 0.29) is 21.9 Å². The predicted octanol–water partition coefficient (Wildman–Crippen LogP) is 1.55. The summed E-state index contributed by atoms with van der Waals surface area (Å²) in [5.41, 5.74) is 5.07. The van der Waals surface area contributed by atoms with Crippen LogP contribution in [-0.4, -0.2) is 29.0 Å². The van der Waals surface area contributed by atoms with Crippen molar-refractivity contribution in [1.82, 2.24) is 16.2 Å². The minimum absolute atomic E-state index is 0.133. The van der Waals surface area contributed by atoms with Crippen LogP contribution in [0.15, 0.2) is 48.5 Å². The number of nitrogens with one attached hydrogen (secondary N) is 3. The molecule has 26 heavy (non-hydrogen) atoms. The Hall–Kier alpha value is -3.53. The first kappa shape index (κ1) is 18.8. The van der Waals surface area contributed by atoms with Crippen LogP contribution in [0.2, 0.25) is 0 Å². The molecular formula is C16H14N4O5S. The number of ether oxygens (including phenoxy) is 1. The van der Waals surface area contributed by atoms with E-state index in [9.17, 15) is 19.7 Å². The van der Waals surface area contributed by atoms with E-state index in [1.54, 1.807) is 24.3 Å². The van der Waals surface area contributed by atoms with E-state index in [0.717, 1.165) is 0 Å². The topological polar surface area (TPSA) is 123 Å². The Morgan fingerprint density at radius 3 is 2.31 bits per heavy atom. The van der Waals surface area contributed by atoms with Gasteiger partial charge in [-0.05, 0) is 36.5 Å². The molecule has 0 aliphatic carbocycles. The van der Waals surface area contributed by atoms with Gasteiger partial charge in [0.15, 0.2) is 5.11 Å². The molecule has 0 saturated carbocycles. The Labute approximate surface area is 153 Å². The number of benzene rings is 2. The van der Waals surface area contributed by atoms with E-state index in [0.29, 0.717) is 5.75 Å². The van der Waals surface area contributed by atoms with Crippen molar-refractivity contribution in [1.29, 1.82) is 0 Å². The van der Waals surface area contributed by atoms with Gasteiger partial charge in [-0.3, -0.25) is 35.9 Å². The Kier molecular flexibility index (Phi) is 6.17. The van der Waals surface area contributed by atoms with Gasteiger partial charge in [0.1, 0.15) is 5.75 Å². The summed E-state index contributed by atoms with van der Waals surface area (Å²) < 4.78 is 5.08. The summed E-state index contributed by atoms with van der Waals surface area (Å²) in [6, 6.07) is 11.6. The van der Waals surface area contributed by atoms with Crippen LogP contribution in [0.1, 0.15) is 20.7 Å². The van der Waals surface area contributed by atoms with Crippen molar-refractivity contribution in [3.05, 3.63) is 69.8 Å². The zero-order chi connectivity index (χ0) is 19.1. The molecule has 3 N–H and O–H groups in total. The third-order valence-corrected chi connectivity index (χ3v) is 3.41. The van der Waals surface area contributed by atoms with E-state index in [1.165, 1.54) is 31.4 Å². The van der Waals surface area contributed by atoms with E-state index in [4.69, 9.17) is 17.0 Å². The molecule has 134 valence electrons. The molecule has 2 rings (SSSR count). The molecule has 2 aromatic rings. The highest BCUT2D eigenvalue weighted by Crippen LogP contribution is 2.16. The summed E-state index contributed by atoms with van der Waals surface area (Å²) >= 11 is 4.93. The van der Waals surface area contributed by atoms with Crippen LogP contribution in [0.4, 0.5) is 5.69 Å². The van der Waals surface area contributed by atoms with Crippen molar-refractivity contribution in [2.24, 2.45) is 0 Å². The third kappa shape index (κ3) is 4.74. The molecule has 2 aromatic carbocycles. The van der Waals surface area contributed by atoms with Crippen LogP contribution in [0.5, 0.6) is 5.75 Å². The average molecular weight is 374 g/mol. The maximum absolute atomic E-state index is 12.1. The third-order valence-electron chi connectivity index (χ3n) is 3.21. The number of thiocarbonyl (C=S) groups is 1. The van der Waals surface area contributed by atoms with Crippen molar-refractivity contribution in [3.63, 3.8) is 0 Å². The summed E-state index contributed by atoms with van der Waals surface area (Å²) in [6.07, 6.45) is 0. The molecule has 0 saturated heterocycles. The number of carbonyl (C=O) groups is 2. The van der Waals surface area contributed by atoms with Gasteiger partial charge in [0.25, 0.3) is 17.5 Å². The summed E-state index contributed by atoms with van der Waals surface area (Å²) in [7, 11) is 1.44. The number of nitrogens with zero attached hydrogens (tertiary/aromatic N) is 1. The lowest BCUT2D eigenvalue weighted by atomic mass is 10.2. The number of hydrazine groups is 1. The Bertz CT molecular complexity index is 854. The van der Waals surface area contributed by atoms with Crippen molar-refractivity contribution >= 4 is 34.8 Å². The van der Waals surface area contributed by atoms with Crippen LogP contribution in [0.25, 0.3) is 0 Å². The van der Waals surface area contributed by atoms with Crippen LogP contribution < -0.4 is 20.9 Å². The Balaban J connectivity index is 1.91. The number of hydrogen-bond acceptors (Lipinski definition) is 6. The van der Waals surface area contributed by atoms with Crippen molar-refractivity contribution < 1.29 is 19.2 Å². The van der Waals surface area contributed by atoms with Crippen LogP contribution in [-0.2, 0) is 0 Å². The molecule has 0 bridgehead atoms. The Morgan fingerprint density at radius 1 is 1.04 bits per heavy atom. The fourth-order valence-electron chi connectivity index (χ4n) is 1.95. The maximum atomic E-state index is 12.1. The number of rotatable bonds is 4. The average Bonchev–Trinajstić information content (AvgIpc) is 2.66. The summed E-state index contributed by atoms with van der Waals surface area (Å²) in [4.78, 5) is 34.1. The SMILES string of the molecule is COc1ccccc1C(=O)NNC(=S)NC(=O)c1ccc([N+](=O)[O-])cc1. The minimum atomic E-state index is -0.580. The van der Waals surface area contributed by atoms with Gasteiger partial charge in [0, 0.05) is 17.7 Å². The molecule has 0 atom stereocenters. The molecule has 0 fully saturated rings. The molecule has 2 amide bonds. The molecule has 0 unspecified atom stereocenters. The second-order valence-electron chi connectivity index (χ2n) is 4.87. The molecule has 0 radical (unpaired) electrons. The zero-order valence-electron chi connectivity index (χ0n) is 13.5. The van der Waals surface area contributed by atoms with Gasteiger partial charge in [0.2, 0.25) is 0 Å². The fraction of sp³-hybridized carbons (Fsp3) is 0.0625. The van der Waals surface area contributed by atoms with Crippen LogP contribution in [0.3, 0.4) is 0 Å². The monoisotopic (exact) mass is 374 g/mol. The van der Waals surface area contributed by atoms with E-state index in [1.807, 2.05) is 0 Å². The number of nitro benzene ring substituents is 1. The highest BCUT2D eigenvalue weighted by Gasteiger charge is 2.13. The zero-order valence-corrected chi connectivity index (χ0v) is 14.3. The summed E-state index contributed by atoms with van der Waals surface area (Å²) in [6.45, 7) is 0. The number of nitro groups is 1. The van der Waals surface area contributed by atoms with Gasteiger partial charge in [-0.25, -0.2) is 0 Å². The Morgan fingerprint density at radius 2 is 1.69 bits per heavy atom. The minimum Gasteiger partial charge on any atom is -0.496 e.